The van der Waals surface area contributed by atoms with Gasteiger partial charge in [-0.25, -0.2) is 0 Å². The lowest BCUT2D eigenvalue weighted by Crippen LogP contribution is -2.45. The Morgan fingerprint density at radius 1 is 1.28 bits per heavy atom. The lowest BCUT2D eigenvalue weighted by molar-refractivity contribution is 0.168. The van der Waals surface area contributed by atoms with Crippen LogP contribution in [0.1, 0.15) is 53.9 Å². The molecule has 1 fully saturated rings. The second-order valence-corrected chi connectivity index (χ2v) is 7.47. The molecule has 3 unspecified atom stereocenters. The summed E-state index contributed by atoms with van der Waals surface area (Å²) in [7, 11) is 4.42. The van der Waals surface area contributed by atoms with Crippen LogP contribution in [-0.2, 0) is 0 Å². The molecule has 3 atom stereocenters. The molecule has 0 amide bonds. The molecular formula is C16H34N2. The number of nitrogens with zero attached hydrogens (tertiary/aromatic N) is 1. The number of hydrogen-bond donors (Lipinski definition) is 1. The third-order valence-electron chi connectivity index (χ3n) is 4.87. The lowest BCUT2D eigenvalue weighted by atomic mass is 9.84. The Labute approximate surface area is 115 Å². The molecule has 0 aromatic carbocycles. The Morgan fingerprint density at radius 3 is 2.39 bits per heavy atom. The molecule has 1 rings (SSSR count). The summed E-state index contributed by atoms with van der Waals surface area (Å²) in [6, 6.07) is 1.37. The van der Waals surface area contributed by atoms with Gasteiger partial charge in [0.2, 0.25) is 0 Å². The Balaban J connectivity index is 2.52. The smallest absolute Gasteiger partial charge is 0.0156 e. The summed E-state index contributed by atoms with van der Waals surface area (Å²) < 4.78 is 0. The van der Waals surface area contributed by atoms with Crippen LogP contribution in [0.15, 0.2) is 0 Å². The molecular weight excluding hydrogens is 220 g/mol. The van der Waals surface area contributed by atoms with E-state index >= 15 is 0 Å². The first-order valence-electron chi connectivity index (χ1n) is 7.65. The summed E-state index contributed by atoms with van der Waals surface area (Å²) >= 11 is 0. The largest absolute Gasteiger partial charge is 0.316 e. The minimum Gasteiger partial charge on any atom is -0.316 e. The first-order chi connectivity index (χ1) is 8.27. The zero-order chi connectivity index (χ0) is 13.9. The highest BCUT2D eigenvalue weighted by molar-refractivity contribution is 4.96. The highest BCUT2D eigenvalue weighted by Crippen LogP contribution is 2.41. The third kappa shape index (κ3) is 3.96. The number of rotatable bonds is 6. The SMILES string of the molecule is CNC1C(CN(C)C(C)CC(C)C)CCC1(C)C. The van der Waals surface area contributed by atoms with Crippen LogP contribution in [0.3, 0.4) is 0 Å². The fourth-order valence-corrected chi connectivity index (χ4v) is 3.75. The molecule has 1 saturated carbocycles. The summed E-state index contributed by atoms with van der Waals surface area (Å²) in [6.45, 7) is 13.1. The van der Waals surface area contributed by atoms with E-state index in [0.717, 1.165) is 11.8 Å². The van der Waals surface area contributed by atoms with Crippen molar-refractivity contribution in [1.82, 2.24) is 10.2 Å². The van der Waals surface area contributed by atoms with E-state index in [9.17, 15) is 0 Å². The molecule has 0 bridgehead atoms. The predicted octanol–water partition coefficient (Wildman–Crippen LogP) is 3.38. The molecule has 0 spiro atoms. The van der Waals surface area contributed by atoms with Crippen molar-refractivity contribution >= 4 is 0 Å². The average Bonchev–Trinajstić information content (AvgIpc) is 2.52. The molecule has 1 aliphatic rings. The van der Waals surface area contributed by atoms with E-state index in [4.69, 9.17) is 0 Å². The zero-order valence-electron chi connectivity index (χ0n) is 13.6. The molecule has 1 N–H and O–H groups in total. The van der Waals surface area contributed by atoms with Crippen molar-refractivity contribution in [1.29, 1.82) is 0 Å². The summed E-state index contributed by atoms with van der Waals surface area (Å²) in [6.07, 6.45) is 4.03. The van der Waals surface area contributed by atoms with Crippen molar-refractivity contribution in [3.8, 4) is 0 Å². The van der Waals surface area contributed by atoms with Gasteiger partial charge < -0.3 is 10.2 Å². The summed E-state index contributed by atoms with van der Waals surface area (Å²) in [5.74, 6) is 1.60. The van der Waals surface area contributed by atoms with E-state index in [1.165, 1.54) is 25.8 Å². The monoisotopic (exact) mass is 254 g/mol. The van der Waals surface area contributed by atoms with E-state index in [2.05, 4.69) is 58.9 Å². The minimum atomic E-state index is 0.460. The lowest BCUT2D eigenvalue weighted by Gasteiger charge is -2.34. The van der Waals surface area contributed by atoms with E-state index < -0.39 is 0 Å². The van der Waals surface area contributed by atoms with Crippen molar-refractivity contribution < 1.29 is 0 Å². The maximum absolute atomic E-state index is 3.56. The topological polar surface area (TPSA) is 15.3 Å². The second-order valence-electron chi connectivity index (χ2n) is 7.47. The zero-order valence-corrected chi connectivity index (χ0v) is 13.6. The summed E-state index contributed by atoms with van der Waals surface area (Å²) in [4.78, 5) is 2.57. The van der Waals surface area contributed by atoms with E-state index in [1.54, 1.807) is 0 Å². The van der Waals surface area contributed by atoms with E-state index in [1.807, 2.05) is 0 Å². The molecule has 0 aliphatic heterocycles. The highest BCUT2D eigenvalue weighted by Gasteiger charge is 2.41. The van der Waals surface area contributed by atoms with Crippen LogP contribution in [0.5, 0.6) is 0 Å². The maximum atomic E-state index is 3.56. The van der Waals surface area contributed by atoms with Gasteiger partial charge in [0.15, 0.2) is 0 Å². The first-order valence-corrected chi connectivity index (χ1v) is 7.65. The van der Waals surface area contributed by atoms with Crippen molar-refractivity contribution in [2.45, 2.75) is 66.0 Å². The van der Waals surface area contributed by atoms with Crippen LogP contribution in [-0.4, -0.2) is 37.6 Å². The van der Waals surface area contributed by atoms with Gasteiger partial charge in [0.05, 0.1) is 0 Å². The van der Waals surface area contributed by atoms with Gasteiger partial charge in [0, 0.05) is 18.6 Å². The fraction of sp³-hybridized carbons (Fsp3) is 1.00. The van der Waals surface area contributed by atoms with Crippen LogP contribution in [0, 0.1) is 17.3 Å². The Morgan fingerprint density at radius 2 is 1.89 bits per heavy atom. The van der Waals surface area contributed by atoms with Gasteiger partial charge in [0.1, 0.15) is 0 Å². The molecule has 108 valence electrons. The van der Waals surface area contributed by atoms with E-state index in [-0.39, 0.29) is 0 Å². The van der Waals surface area contributed by atoms with Crippen LogP contribution >= 0.6 is 0 Å². The van der Waals surface area contributed by atoms with Crippen LogP contribution in [0.2, 0.25) is 0 Å². The van der Waals surface area contributed by atoms with Gasteiger partial charge in [-0.2, -0.15) is 0 Å². The first kappa shape index (κ1) is 16.0. The molecule has 2 heteroatoms. The van der Waals surface area contributed by atoms with Crippen molar-refractivity contribution in [2.75, 3.05) is 20.6 Å². The molecule has 1 aliphatic carbocycles. The van der Waals surface area contributed by atoms with Gasteiger partial charge in [0.25, 0.3) is 0 Å². The van der Waals surface area contributed by atoms with Gasteiger partial charge in [-0.1, -0.05) is 27.7 Å². The number of hydrogen-bond acceptors (Lipinski definition) is 2. The standard InChI is InChI=1S/C16H34N2/c1-12(2)10-13(3)18(7)11-14-8-9-16(4,5)15(14)17-6/h12-15,17H,8-11H2,1-7H3. The fourth-order valence-electron chi connectivity index (χ4n) is 3.75. The van der Waals surface area contributed by atoms with Crippen LogP contribution < -0.4 is 5.32 Å². The molecule has 18 heavy (non-hydrogen) atoms. The van der Waals surface area contributed by atoms with Gasteiger partial charge in [-0.05, 0) is 57.5 Å². The second kappa shape index (κ2) is 6.38. The van der Waals surface area contributed by atoms with Gasteiger partial charge >= 0.3 is 0 Å². The van der Waals surface area contributed by atoms with Gasteiger partial charge in [-0.15, -0.1) is 0 Å². The normalized spacial score (nSPS) is 29.2. The molecule has 0 radical (unpaired) electrons. The Bertz CT molecular complexity index is 247. The van der Waals surface area contributed by atoms with Gasteiger partial charge in [-0.3, -0.25) is 0 Å². The molecule has 0 heterocycles. The van der Waals surface area contributed by atoms with Crippen molar-refractivity contribution in [3.63, 3.8) is 0 Å². The van der Waals surface area contributed by atoms with E-state index in [0.29, 0.717) is 17.5 Å². The predicted molar refractivity (Wildman–Crippen MR) is 80.9 cm³/mol. The summed E-state index contributed by atoms with van der Waals surface area (Å²) in [5.41, 5.74) is 0.460. The minimum absolute atomic E-state index is 0.460. The highest BCUT2D eigenvalue weighted by atomic mass is 15.1. The molecule has 0 saturated heterocycles. The van der Waals surface area contributed by atoms with Crippen LogP contribution in [0.25, 0.3) is 0 Å². The average molecular weight is 254 g/mol. The Hall–Kier alpha value is -0.0800. The van der Waals surface area contributed by atoms with Crippen LogP contribution in [0.4, 0.5) is 0 Å². The molecule has 0 aromatic rings. The quantitative estimate of drug-likeness (QED) is 0.782. The molecule has 2 nitrogen and oxygen atoms in total. The van der Waals surface area contributed by atoms with Crippen molar-refractivity contribution in [2.24, 2.45) is 17.3 Å². The van der Waals surface area contributed by atoms with Crippen molar-refractivity contribution in [3.05, 3.63) is 0 Å². The maximum Gasteiger partial charge on any atom is 0.0156 e. The Kier molecular flexibility index (Phi) is 5.67. The number of nitrogens with one attached hydrogen (secondary N) is 1. The third-order valence-corrected chi connectivity index (χ3v) is 4.87. The summed E-state index contributed by atoms with van der Waals surface area (Å²) in [5, 5.41) is 3.56. The molecule has 0 aromatic heterocycles.